The van der Waals surface area contributed by atoms with Crippen LogP contribution in [0.15, 0.2) is 18.2 Å². The van der Waals surface area contributed by atoms with E-state index in [-0.39, 0.29) is 11.5 Å². The molecule has 1 aromatic rings. The number of nitro groups is 1. The van der Waals surface area contributed by atoms with Crippen LogP contribution >= 0.6 is 0 Å². The molecule has 1 aliphatic rings. The van der Waals surface area contributed by atoms with Gasteiger partial charge >= 0.3 is 0 Å². The van der Waals surface area contributed by atoms with Crippen molar-refractivity contribution in [3.63, 3.8) is 0 Å². The topological polar surface area (TPSA) is 66.7 Å². The minimum absolute atomic E-state index is 0.0351. The lowest BCUT2D eigenvalue weighted by atomic mass is 10.0. The van der Waals surface area contributed by atoms with Crippen molar-refractivity contribution in [2.24, 2.45) is 0 Å². The second-order valence-electron chi connectivity index (χ2n) is 5.70. The van der Waals surface area contributed by atoms with Crippen molar-refractivity contribution in [3.8, 4) is 0 Å². The van der Waals surface area contributed by atoms with Gasteiger partial charge in [0.1, 0.15) is 0 Å². The van der Waals surface area contributed by atoms with Crippen molar-refractivity contribution < 1.29 is 9.72 Å². The van der Waals surface area contributed by atoms with E-state index >= 15 is 0 Å². The number of benzene rings is 1. The molecule has 2 rings (SSSR count). The van der Waals surface area contributed by atoms with Gasteiger partial charge in [-0.2, -0.15) is 0 Å². The van der Waals surface area contributed by atoms with Crippen LogP contribution in [0.25, 0.3) is 0 Å². The molecular formula is C15H21N3O3. The van der Waals surface area contributed by atoms with Gasteiger partial charge in [-0.1, -0.05) is 0 Å². The zero-order chi connectivity index (χ0) is 15.6. The quantitative estimate of drug-likeness (QED) is 0.484. The highest BCUT2D eigenvalue weighted by molar-refractivity contribution is 6.00. The summed E-state index contributed by atoms with van der Waals surface area (Å²) in [6, 6.07) is 5.11. The van der Waals surface area contributed by atoms with Crippen LogP contribution in [-0.2, 0) is 0 Å². The third kappa shape index (κ3) is 3.39. The summed E-state index contributed by atoms with van der Waals surface area (Å²) in [6.45, 7) is 3.18. The van der Waals surface area contributed by atoms with Crippen LogP contribution in [0.4, 0.5) is 11.4 Å². The maximum absolute atomic E-state index is 11.8. The summed E-state index contributed by atoms with van der Waals surface area (Å²) in [5, 5.41) is 10.9. The van der Waals surface area contributed by atoms with Crippen LogP contribution in [0, 0.1) is 10.1 Å². The number of ketones is 1. The summed E-state index contributed by atoms with van der Waals surface area (Å²) in [7, 11) is 4.15. The fraction of sp³-hybridized carbons (Fsp3) is 0.533. The van der Waals surface area contributed by atoms with Crippen molar-refractivity contribution in [2.45, 2.75) is 25.8 Å². The Morgan fingerprint density at radius 1 is 1.33 bits per heavy atom. The fourth-order valence-corrected chi connectivity index (χ4v) is 2.82. The number of nitrogens with zero attached hydrogens (tertiary/aromatic N) is 3. The highest BCUT2D eigenvalue weighted by Gasteiger charge is 2.24. The average Bonchev–Trinajstić information content (AvgIpc) is 2.46. The van der Waals surface area contributed by atoms with Crippen molar-refractivity contribution >= 4 is 17.2 Å². The Kier molecular flexibility index (Phi) is 4.57. The van der Waals surface area contributed by atoms with Crippen LogP contribution < -0.4 is 4.90 Å². The van der Waals surface area contributed by atoms with E-state index in [1.54, 1.807) is 6.07 Å². The van der Waals surface area contributed by atoms with Crippen LogP contribution in [0.3, 0.4) is 0 Å². The number of anilines is 1. The Morgan fingerprint density at radius 2 is 1.95 bits per heavy atom. The molecule has 0 radical (unpaired) electrons. The lowest BCUT2D eigenvalue weighted by molar-refractivity contribution is -0.384. The smallest absolute Gasteiger partial charge is 0.270 e. The van der Waals surface area contributed by atoms with Crippen LogP contribution in [-0.4, -0.2) is 48.8 Å². The Hall–Kier alpha value is -1.95. The lowest BCUT2D eigenvalue weighted by Gasteiger charge is -2.37. The first-order valence-electron chi connectivity index (χ1n) is 7.11. The molecule has 1 heterocycles. The number of carbonyl (C=O) groups excluding carboxylic acids is 1. The molecule has 1 fully saturated rings. The van der Waals surface area contributed by atoms with Gasteiger partial charge in [-0.05, 0) is 39.9 Å². The Balaban J connectivity index is 2.24. The molecule has 1 aliphatic heterocycles. The first kappa shape index (κ1) is 15.4. The summed E-state index contributed by atoms with van der Waals surface area (Å²) in [4.78, 5) is 26.6. The van der Waals surface area contributed by atoms with Gasteiger partial charge in [-0.3, -0.25) is 14.9 Å². The fourth-order valence-electron chi connectivity index (χ4n) is 2.82. The first-order valence-corrected chi connectivity index (χ1v) is 7.11. The monoisotopic (exact) mass is 291 g/mol. The Morgan fingerprint density at radius 3 is 2.43 bits per heavy atom. The lowest BCUT2D eigenvalue weighted by Crippen LogP contribution is -2.42. The molecule has 6 nitrogen and oxygen atoms in total. The molecule has 0 atom stereocenters. The van der Waals surface area contributed by atoms with Crippen LogP contribution in [0.2, 0.25) is 0 Å². The van der Waals surface area contributed by atoms with E-state index < -0.39 is 4.92 Å². The van der Waals surface area contributed by atoms with Gasteiger partial charge in [0.15, 0.2) is 5.78 Å². The normalized spacial score (nSPS) is 16.3. The first-order chi connectivity index (χ1) is 9.90. The molecule has 0 saturated carbocycles. The Labute approximate surface area is 124 Å². The summed E-state index contributed by atoms with van der Waals surface area (Å²) >= 11 is 0. The maximum atomic E-state index is 11.8. The summed E-state index contributed by atoms with van der Waals surface area (Å²) < 4.78 is 0. The molecule has 0 N–H and O–H groups in total. The number of nitro benzene ring substituents is 1. The molecule has 1 saturated heterocycles. The molecule has 0 bridgehead atoms. The van der Waals surface area contributed by atoms with Gasteiger partial charge in [0.2, 0.25) is 0 Å². The molecule has 0 unspecified atom stereocenters. The van der Waals surface area contributed by atoms with Gasteiger partial charge in [0, 0.05) is 42.5 Å². The number of Topliss-reactive ketones (excluding diaryl/α,β-unsaturated/α-hetero) is 1. The second kappa shape index (κ2) is 6.22. The molecular weight excluding hydrogens is 270 g/mol. The molecule has 114 valence electrons. The standard InChI is InChI=1S/C15H21N3O3/c1-11(19)14-10-13(18(20)21)4-5-15(14)17-8-6-12(7-9-17)16(2)3/h4-5,10,12H,6-9H2,1-3H3. The zero-order valence-electron chi connectivity index (χ0n) is 12.7. The number of carbonyl (C=O) groups is 1. The van der Waals surface area contributed by atoms with E-state index in [4.69, 9.17) is 0 Å². The molecule has 0 spiro atoms. The highest BCUT2D eigenvalue weighted by atomic mass is 16.6. The van der Waals surface area contributed by atoms with E-state index in [0.29, 0.717) is 11.6 Å². The number of non-ortho nitro benzene ring substituents is 1. The maximum Gasteiger partial charge on any atom is 0.270 e. The zero-order valence-corrected chi connectivity index (χ0v) is 12.7. The predicted molar refractivity (Wildman–Crippen MR) is 82.0 cm³/mol. The molecule has 0 aliphatic carbocycles. The van der Waals surface area contributed by atoms with Crippen LogP contribution in [0.1, 0.15) is 30.1 Å². The number of rotatable bonds is 4. The van der Waals surface area contributed by atoms with E-state index in [9.17, 15) is 14.9 Å². The molecule has 21 heavy (non-hydrogen) atoms. The third-order valence-electron chi connectivity index (χ3n) is 4.11. The second-order valence-corrected chi connectivity index (χ2v) is 5.70. The van der Waals surface area contributed by atoms with Crippen molar-refractivity contribution in [2.75, 3.05) is 32.1 Å². The SMILES string of the molecule is CC(=O)c1cc([N+](=O)[O-])ccc1N1CCC(N(C)C)CC1. The van der Waals surface area contributed by atoms with Gasteiger partial charge in [0.25, 0.3) is 5.69 Å². The molecule has 0 aromatic heterocycles. The molecule has 1 aromatic carbocycles. The van der Waals surface area contributed by atoms with E-state index in [0.717, 1.165) is 31.6 Å². The van der Waals surface area contributed by atoms with Crippen LogP contribution in [0.5, 0.6) is 0 Å². The summed E-state index contributed by atoms with van der Waals surface area (Å²) in [5.41, 5.74) is 1.21. The summed E-state index contributed by atoms with van der Waals surface area (Å²) in [6.07, 6.45) is 2.06. The van der Waals surface area contributed by atoms with Crippen molar-refractivity contribution in [1.82, 2.24) is 4.90 Å². The van der Waals surface area contributed by atoms with E-state index in [1.807, 2.05) is 0 Å². The third-order valence-corrected chi connectivity index (χ3v) is 4.11. The average molecular weight is 291 g/mol. The molecule has 6 heteroatoms. The van der Waals surface area contributed by atoms with E-state index in [2.05, 4.69) is 23.9 Å². The van der Waals surface area contributed by atoms with Gasteiger partial charge < -0.3 is 9.80 Å². The minimum Gasteiger partial charge on any atom is -0.371 e. The predicted octanol–water partition coefficient (Wildman–Crippen LogP) is 2.33. The van der Waals surface area contributed by atoms with Crippen molar-refractivity contribution in [3.05, 3.63) is 33.9 Å². The van der Waals surface area contributed by atoms with Gasteiger partial charge in [-0.15, -0.1) is 0 Å². The number of piperidine rings is 1. The largest absolute Gasteiger partial charge is 0.371 e. The summed E-state index contributed by atoms with van der Waals surface area (Å²) in [5.74, 6) is -0.136. The highest BCUT2D eigenvalue weighted by Crippen LogP contribution is 2.29. The van der Waals surface area contributed by atoms with Crippen molar-refractivity contribution in [1.29, 1.82) is 0 Å². The molecule has 0 amide bonds. The minimum atomic E-state index is -0.464. The number of hydrogen-bond donors (Lipinski definition) is 0. The van der Waals surface area contributed by atoms with Gasteiger partial charge in [-0.25, -0.2) is 0 Å². The van der Waals surface area contributed by atoms with E-state index in [1.165, 1.54) is 19.1 Å². The van der Waals surface area contributed by atoms with Gasteiger partial charge in [0.05, 0.1) is 4.92 Å². The Bertz CT molecular complexity index is 549. The number of hydrogen-bond acceptors (Lipinski definition) is 5.